The van der Waals surface area contributed by atoms with Gasteiger partial charge in [0.25, 0.3) is 17.7 Å². The molecular formula is C75H86BCl3N26O9S4. The van der Waals surface area contributed by atoms with E-state index >= 15 is 0 Å². The number of hydrogen-bond acceptors (Lipinski definition) is 31. The van der Waals surface area contributed by atoms with Gasteiger partial charge in [-0.1, -0.05) is 42.2 Å². The SMILES string of the molecule is C.CC(=O)Nc1nc(NC(=O)c2cnc(-c3ccc4cc(C#N)cnn34)cc2NC(C)C)cs1.CC(=O)Nc1nc(NC(=O)c2cnc(Cl)cc2NC(C)C)cs1.CC(C)Nc1cc(Cl)ncc1C(=O)Nc1csc(N)n1.CC(C)Nc1cc(Cl)ncc1C(=O)O.CC1(C)OB(c2ccc3cc(C#N)cnn23)OC1(C)C.Nc1csc(N)n1. The van der Waals surface area contributed by atoms with E-state index in [2.05, 4.69) is 110 Å². The Balaban J connectivity index is 0.000000203. The Morgan fingerprint density at radius 3 is 1.25 bits per heavy atom. The number of amides is 5. The summed E-state index contributed by atoms with van der Waals surface area (Å²) in [5.74, 6) is -0.919. The molecular weight excluding hydrogens is 1650 g/mol. The van der Waals surface area contributed by atoms with Crippen molar-refractivity contribution in [1.82, 2.24) is 59.1 Å². The summed E-state index contributed by atoms with van der Waals surface area (Å²) in [5.41, 5.74) is 23.5. The number of carbonyl (C=O) groups excluding carboxylic acids is 5. The first-order valence-corrected chi connectivity index (χ1v) is 39.9. The number of nitrogens with one attached hydrogen (secondary N) is 9. The van der Waals surface area contributed by atoms with Crippen LogP contribution < -0.4 is 70.6 Å². The van der Waals surface area contributed by atoms with E-state index in [9.17, 15) is 28.8 Å². The van der Waals surface area contributed by atoms with Gasteiger partial charge >= 0.3 is 13.1 Å². The zero-order valence-electron chi connectivity index (χ0n) is 65.4. The number of carboxylic acids is 1. The number of carboxylic acid groups (broad SMARTS) is 1. The summed E-state index contributed by atoms with van der Waals surface area (Å²) in [6.45, 7) is 26.5. The van der Waals surface area contributed by atoms with Crippen LogP contribution in [0.15, 0.2) is 119 Å². The second-order valence-corrected chi connectivity index (χ2v) is 31.9. The molecule has 0 atom stereocenters. The van der Waals surface area contributed by atoms with Crippen molar-refractivity contribution < 1.29 is 43.2 Å². The number of nitrogens with two attached hydrogens (primary N) is 3. The first-order chi connectivity index (χ1) is 55.3. The molecule has 0 radical (unpaired) electrons. The van der Waals surface area contributed by atoms with E-state index < -0.39 is 13.1 Å². The molecule has 0 bridgehead atoms. The Kier molecular flexibility index (Phi) is 33.1. The average molecular weight is 1740 g/mol. The van der Waals surface area contributed by atoms with E-state index in [4.69, 9.17) is 76.9 Å². The van der Waals surface area contributed by atoms with Crippen LogP contribution in [0.25, 0.3) is 22.4 Å². The lowest BCUT2D eigenvalue weighted by molar-refractivity contribution is -0.115. The van der Waals surface area contributed by atoms with Gasteiger partial charge in [-0.25, -0.2) is 48.7 Å². The molecule has 0 unspecified atom stereocenters. The standard InChI is InChI=1S/C22H20N8O2S.C14H16BN3O2.C14H16ClN5O2S.C12H14ClN5OS.C9H11ClN2O2.C3H5N3S.CH4/c1-12(2)26-17-7-18(19-5-4-15-6-14(8-23)9-25-30(15)19)24-10-16(17)21(32)28-20-11-33-22(29-20)27-13(3)31;1-13(2)14(3,4)20-15(19-13)12-6-5-11-7-10(8-16)9-17-18(11)12;1-7(2)17-10-4-11(15)16-5-9(10)13(22)19-12-6-23-14(20-12)18-8(3)21;1-6(2)16-8-3-9(13)15-4-7(8)11(19)17-10-5-20-12(14)18-10;1-5(2)12-7-3-8(10)11-4-6(7)9(13)14;4-2-1-7-3(5)6-2;/h4-7,9-12H,1-3H3,(H,24,26)(H,28,32)(H,27,29,31);5-7,9H,1-4H3;4-7H,1-3H3,(H,16,17)(H,19,22)(H,18,20,21);3-6H,1-2H3,(H2,14,18)(H,15,16)(H,17,19);3-5H,1-2H3,(H,11,12)(H,13,14);1H,4H2,(H2,5,6);1H4. The van der Waals surface area contributed by atoms with Gasteiger partial charge in [-0.2, -0.15) is 20.7 Å². The number of nitrogens with zero attached hydrogens (tertiary/aromatic N) is 14. The normalized spacial score (nSPS) is 12.0. The summed E-state index contributed by atoms with van der Waals surface area (Å²) >= 11 is 22.4. The number of aromatic carboxylic acids is 1. The van der Waals surface area contributed by atoms with Crippen molar-refractivity contribution in [3.05, 3.63) is 168 Å². The van der Waals surface area contributed by atoms with Crippen molar-refractivity contribution in [1.29, 1.82) is 10.5 Å². The maximum Gasteiger partial charge on any atom is 0.514 e. The van der Waals surface area contributed by atoms with Crippen LogP contribution in [-0.2, 0) is 18.9 Å². The molecule has 12 aromatic heterocycles. The number of aromatic nitrogens is 12. The molecule has 13 heterocycles. The van der Waals surface area contributed by atoms with E-state index in [1.165, 1.54) is 96.2 Å². The van der Waals surface area contributed by atoms with Crippen molar-refractivity contribution in [2.45, 2.75) is 140 Å². The van der Waals surface area contributed by atoms with Crippen LogP contribution in [0.4, 0.5) is 66.5 Å². The van der Waals surface area contributed by atoms with Gasteiger partial charge in [-0.3, -0.25) is 29.0 Å². The molecule has 0 spiro atoms. The van der Waals surface area contributed by atoms with Gasteiger partial charge in [-0.05, 0) is 144 Å². The minimum absolute atomic E-state index is 0. The fourth-order valence-electron chi connectivity index (χ4n) is 10.1. The molecule has 16 N–H and O–H groups in total. The summed E-state index contributed by atoms with van der Waals surface area (Å²) in [5, 5.41) is 70.6. The Morgan fingerprint density at radius 1 is 0.492 bits per heavy atom. The van der Waals surface area contributed by atoms with Crippen molar-refractivity contribution in [2.75, 3.05) is 65.1 Å². The number of thiazole rings is 4. The van der Waals surface area contributed by atoms with Crippen LogP contribution in [0.1, 0.15) is 157 Å². The summed E-state index contributed by atoms with van der Waals surface area (Å²) < 4.78 is 15.5. The molecule has 0 aromatic carbocycles. The van der Waals surface area contributed by atoms with Crippen molar-refractivity contribution >= 4 is 206 Å². The number of hydrogen-bond donors (Lipinski definition) is 13. The number of fused-ring (bicyclic) bond motifs is 2. The first-order valence-electron chi connectivity index (χ1n) is 35.2. The predicted octanol–water partition coefficient (Wildman–Crippen LogP) is 14.5. The fourth-order valence-corrected chi connectivity index (χ4v) is 12.9. The maximum absolute atomic E-state index is 13.0. The summed E-state index contributed by atoms with van der Waals surface area (Å²) in [6, 6.07) is 22.3. The molecule has 43 heteroatoms. The van der Waals surface area contributed by atoms with Crippen molar-refractivity contribution in [3.63, 3.8) is 0 Å². The molecule has 1 aliphatic heterocycles. The highest BCUT2D eigenvalue weighted by molar-refractivity contribution is 7.15. The van der Waals surface area contributed by atoms with E-state index in [1.54, 1.807) is 67.1 Å². The number of nitrogen functional groups attached to an aromatic ring is 3. The zero-order chi connectivity index (χ0) is 85.8. The minimum atomic E-state index is -1.02. The van der Waals surface area contributed by atoms with Crippen LogP contribution in [-0.4, -0.2) is 142 Å². The minimum Gasteiger partial charge on any atom is -0.478 e. The van der Waals surface area contributed by atoms with Crippen LogP contribution in [0, 0.1) is 22.7 Å². The number of carbonyl (C=O) groups is 6. The van der Waals surface area contributed by atoms with Gasteiger partial charge in [0.1, 0.15) is 56.4 Å². The molecule has 1 fully saturated rings. The van der Waals surface area contributed by atoms with Crippen molar-refractivity contribution in [3.8, 4) is 23.5 Å². The number of halogens is 3. The van der Waals surface area contributed by atoms with Gasteiger partial charge in [0.15, 0.2) is 20.5 Å². The van der Waals surface area contributed by atoms with Gasteiger partial charge in [0, 0.05) is 84.3 Å². The molecule has 0 saturated carbocycles. The molecule has 12 aromatic rings. The van der Waals surface area contributed by atoms with E-state index in [1.807, 2.05) is 107 Å². The quantitative estimate of drug-likeness (QED) is 0.0264. The highest BCUT2D eigenvalue weighted by atomic mass is 35.5. The smallest absolute Gasteiger partial charge is 0.478 e. The molecule has 1 aliphatic rings. The molecule has 1 saturated heterocycles. The molecule has 13 rings (SSSR count). The van der Waals surface area contributed by atoms with Gasteiger partial charge in [0.2, 0.25) is 11.8 Å². The average Bonchev–Trinajstić information content (AvgIpc) is 1.59. The first kappa shape index (κ1) is 92.9. The summed E-state index contributed by atoms with van der Waals surface area (Å²) in [7, 11) is -0.456. The second-order valence-electron chi connectivity index (χ2n) is 27.2. The number of rotatable bonds is 19. The van der Waals surface area contributed by atoms with Gasteiger partial charge in [0.05, 0.1) is 102 Å². The van der Waals surface area contributed by atoms with Crippen LogP contribution >= 0.6 is 80.1 Å². The highest BCUT2D eigenvalue weighted by Gasteiger charge is 2.53. The Bertz CT molecular complexity index is 5610. The lowest BCUT2D eigenvalue weighted by Crippen LogP contribution is -2.41. The summed E-state index contributed by atoms with van der Waals surface area (Å²) in [4.78, 5) is 103. The molecule has 5 amide bonds. The number of nitriles is 2. The predicted molar refractivity (Wildman–Crippen MR) is 469 cm³/mol. The van der Waals surface area contributed by atoms with E-state index in [-0.39, 0.29) is 83.0 Å². The van der Waals surface area contributed by atoms with Gasteiger partial charge < -0.3 is 79.5 Å². The Hall–Kier alpha value is -12.2. The van der Waals surface area contributed by atoms with Crippen LogP contribution in [0.5, 0.6) is 0 Å². The van der Waals surface area contributed by atoms with Crippen molar-refractivity contribution in [2.24, 2.45) is 0 Å². The number of anilines is 12. The number of pyridine rings is 4. The third-order valence-corrected chi connectivity index (χ3v) is 19.2. The maximum atomic E-state index is 13.0. The molecule has 618 valence electrons. The zero-order valence-corrected chi connectivity index (χ0v) is 70.9. The Labute approximate surface area is 710 Å². The highest BCUT2D eigenvalue weighted by Crippen LogP contribution is 2.37. The molecule has 35 nitrogen and oxygen atoms in total. The lowest BCUT2D eigenvalue weighted by atomic mass is 9.85. The third kappa shape index (κ3) is 26.6. The van der Waals surface area contributed by atoms with Gasteiger partial charge in [-0.15, -0.1) is 45.3 Å². The summed E-state index contributed by atoms with van der Waals surface area (Å²) in [6.07, 6.45) is 8.62. The Morgan fingerprint density at radius 2 is 0.864 bits per heavy atom. The second kappa shape index (κ2) is 42.1. The van der Waals surface area contributed by atoms with Crippen LogP contribution in [0.3, 0.4) is 0 Å². The largest absolute Gasteiger partial charge is 0.514 e. The van der Waals surface area contributed by atoms with E-state index in [0.29, 0.717) is 110 Å². The topological polar surface area (TPSA) is 513 Å². The third-order valence-electron chi connectivity index (χ3n) is 15.7. The van der Waals surface area contributed by atoms with E-state index in [0.717, 1.165) is 22.3 Å². The molecule has 0 aliphatic carbocycles. The monoisotopic (exact) mass is 1740 g/mol. The van der Waals surface area contributed by atoms with Crippen LogP contribution in [0.2, 0.25) is 15.5 Å². The fraction of sp³-hybridized carbons (Fsp3) is 0.280. The molecule has 118 heavy (non-hydrogen) atoms. The lowest BCUT2D eigenvalue weighted by Gasteiger charge is -2.32.